The Morgan fingerprint density at radius 2 is 2.00 bits per heavy atom. The average molecular weight is 240 g/mol. The van der Waals surface area contributed by atoms with Crippen molar-refractivity contribution in [2.75, 3.05) is 6.61 Å². The monoisotopic (exact) mass is 240 g/mol. The van der Waals surface area contributed by atoms with Crippen molar-refractivity contribution in [1.82, 2.24) is 9.97 Å². The summed E-state index contributed by atoms with van der Waals surface area (Å²) in [5.41, 5.74) is 3.09. The summed E-state index contributed by atoms with van der Waals surface area (Å²) in [5.74, 6) is 0. The Kier molecular flexibility index (Phi) is 2.38. The van der Waals surface area contributed by atoms with Gasteiger partial charge in [0.05, 0.1) is 18.3 Å². The smallest absolute Gasteiger partial charge is 0.0651 e. The van der Waals surface area contributed by atoms with Crippen LogP contribution in [-0.2, 0) is 5.41 Å². The van der Waals surface area contributed by atoms with Crippen LogP contribution >= 0.6 is 0 Å². The van der Waals surface area contributed by atoms with Crippen LogP contribution in [0.2, 0.25) is 0 Å². The zero-order valence-corrected chi connectivity index (χ0v) is 10.6. The van der Waals surface area contributed by atoms with Crippen molar-refractivity contribution in [1.29, 1.82) is 0 Å². The first-order valence-electron chi connectivity index (χ1n) is 6.08. The Balaban J connectivity index is 2.31. The van der Waals surface area contributed by atoms with Gasteiger partial charge in [-0.1, -0.05) is 19.9 Å². The predicted molar refractivity (Wildman–Crippen MR) is 73.7 cm³/mol. The van der Waals surface area contributed by atoms with Gasteiger partial charge in [-0.3, -0.25) is 4.98 Å². The number of hydrogen-bond donors (Lipinski definition) is 2. The fourth-order valence-corrected chi connectivity index (χ4v) is 2.26. The Bertz CT molecular complexity index is 713. The highest BCUT2D eigenvalue weighted by Gasteiger charge is 2.20. The van der Waals surface area contributed by atoms with Crippen LogP contribution in [0, 0.1) is 0 Å². The number of nitrogens with zero attached hydrogens (tertiary/aromatic N) is 1. The largest absolute Gasteiger partial charge is 0.395 e. The number of aliphatic hydroxyl groups is 1. The van der Waals surface area contributed by atoms with Gasteiger partial charge < -0.3 is 10.1 Å². The topological polar surface area (TPSA) is 48.9 Å². The molecule has 0 radical (unpaired) electrons. The number of fused-ring (bicyclic) bond motifs is 3. The molecule has 0 bridgehead atoms. The fraction of sp³-hybridized carbons (Fsp3) is 0.267. The van der Waals surface area contributed by atoms with Crippen LogP contribution in [0.4, 0.5) is 0 Å². The van der Waals surface area contributed by atoms with Gasteiger partial charge in [-0.15, -0.1) is 0 Å². The Morgan fingerprint density at radius 1 is 1.17 bits per heavy atom. The molecule has 0 amide bonds. The Morgan fingerprint density at radius 3 is 2.78 bits per heavy atom. The van der Waals surface area contributed by atoms with Crippen molar-refractivity contribution in [3.8, 4) is 0 Å². The predicted octanol–water partition coefficient (Wildman–Crippen LogP) is 2.99. The molecular formula is C15H16N2O. The minimum absolute atomic E-state index is 0.141. The lowest BCUT2D eigenvalue weighted by Crippen LogP contribution is -2.21. The maximum atomic E-state index is 9.47. The summed E-state index contributed by atoms with van der Waals surface area (Å²) in [4.78, 5) is 7.47. The zero-order chi connectivity index (χ0) is 12.8. The summed E-state index contributed by atoms with van der Waals surface area (Å²) in [5, 5.41) is 11.8. The number of hydrogen-bond acceptors (Lipinski definition) is 2. The van der Waals surface area contributed by atoms with Crippen LogP contribution in [0.3, 0.4) is 0 Å². The SMILES string of the molecule is CC(C)(CO)c1ccc2[nH]c3cnccc3c2c1. The van der Waals surface area contributed by atoms with Crippen molar-refractivity contribution in [2.24, 2.45) is 0 Å². The lowest BCUT2D eigenvalue weighted by atomic mass is 9.85. The number of pyridine rings is 1. The third-order valence-corrected chi connectivity index (χ3v) is 3.58. The molecule has 3 nitrogen and oxygen atoms in total. The Labute approximate surface area is 105 Å². The van der Waals surface area contributed by atoms with Crippen molar-refractivity contribution >= 4 is 21.8 Å². The lowest BCUT2D eigenvalue weighted by Gasteiger charge is -2.22. The molecular weight excluding hydrogens is 224 g/mol. The normalized spacial score (nSPS) is 12.4. The number of rotatable bonds is 2. The van der Waals surface area contributed by atoms with Gasteiger partial charge in [0.1, 0.15) is 0 Å². The van der Waals surface area contributed by atoms with Gasteiger partial charge in [-0.05, 0) is 23.8 Å². The highest BCUT2D eigenvalue weighted by Crippen LogP contribution is 2.30. The van der Waals surface area contributed by atoms with Gasteiger partial charge in [-0.25, -0.2) is 0 Å². The van der Waals surface area contributed by atoms with E-state index in [-0.39, 0.29) is 12.0 Å². The van der Waals surface area contributed by atoms with E-state index in [0.29, 0.717) is 0 Å². The molecule has 2 aromatic heterocycles. The molecule has 2 N–H and O–H groups in total. The second-order valence-electron chi connectivity index (χ2n) is 5.35. The van der Waals surface area contributed by atoms with Crippen LogP contribution < -0.4 is 0 Å². The summed E-state index contributed by atoms with van der Waals surface area (Å²) < 4.78 is 0. The molecule has 3 rings (SSSR count). The quantitative estimate of drug-likeness (QED) is 0.723. The van der Waals surface area contributed by atoms with Gasteiger partial charge in [0.25, 0.3) is 0 Å². The van der Waals surface area contributed by atoms with Crippen LogP contribution in [0.15, 0.2) is 36.7 Å². The van der Waals surface area contributed by atoms with E-state index < -0.39 is 0 Å². The molecule has 0 aliphatic heterocycles. The van der Waals surface area contributed by atoms with Gasteiger partial charge in [0.15, 0.2) is 0 Å². The van der Waals surface area contributed by atoms with Gasteiger partial charge in [0.2, 0.25) is 0 Å². The Hall–Kier alpha value is -1.87. The molecule has 1 aromatic carbocycles. The van der Waals surface area contributed by atoms with Crippen molar-refractivity contribution in [3.05, 3.63) is 42.2 Å². The van der Waals surface area contributed by atoms with E-state index in [0.717, 1.165) is 16.6 Å². The van der Waals surface area contributed by atoms with Crippen LogP contribution in [-0.4, -0.2) is 21.7 Å². The molecule has 0 atom stereocenters. The van der Waals surface area contributed by atoms with Crippen molar-refractivity contribution in [3.63, 3.8) is 0 Å². The van der Waals surface area contributed by atoms with E-state index >= 15 is 0 Å². The number of aliphatic hydroxyl groups excluding tert-OH is 1. The summed E-state index contributed by atoms with van der Waals surface area (Å²) >= 11 is 0. The third-order valence-electron chi connectivity index (χ3n) is 3.58. The third kappa shape index (κ3) is 1.59. The minimum atomic E-state index is -0.217. The molecule has 0 aliphatic carbocycles. The summed E-state index contributed by atoms with van der Waals surface area (Å²) in [6, 6.07) is 8.32. The average Bonchev–Trinajstić information content (AvgIpc) is 2.76. The van der Waals surface area contributed by atoms with E-state index in [1.165, 1.54) is 10.8 Å². The van der Waals surface area contributed by atoms with Crippen LogP contribution in [0.1, 0.15) is 19.4 Å². The van der Waals surface area contributed by atoms with E-state index in [2.05, 4.69) is 28.2 Å². The number of aromatic amines is 1. The zero-order valence-electron chi connectivity index (χ0n) is 10.6. The highest BCUT2D eigenvalue weighted by molar-refractivity contribution is 6.07. The number of nitrogens with one attached hydrogen (secondary N) is 1. The molecule has 0 saturated carbocycles. The standard InChI is InChI=1S/C15H16N2O/c1-15(2,9-18)10-3-4-13-12(7-10)11-5-6-16-8-14(11)17-13/h3-8,17-18H,9H2,1-2H3. The number of benzene rings is 1. The molecule has 3 aromatic rings. The van der Waals surface area contributed by atoms with E-state index in [9.17, 15) is 5.11 Å². The summed E-state index contributed by atoms with van der Waals surface area (Å²) in [7, 11) is 0. The van der Waals surface area contributed by atoms with Crippen LogP contribution in [0.5, 0.6) is 0 Å². The van der Waals surface area contributed by atoms with Gasteiger partial charge in [0, 0.05) is 27.9 Å². The second kappa shape index (κ2) is 3.82. The molecule has 0 unspecified atom stereocenters. The molecule has 3 heteroatoms. The van der Waals surface area contributed by atoms with Gasteiger partial charge >= 0.3 is 0 Å². The maximum absolute atomic E-state index is 9.47. The number of aromatic nitrogens is 2. The summed E-state index contributed by atoms with van der Waals surface area (Å²) in [6.07, 6.45) is 3.64. The molecule has 0 aliphatic rings. The lowest BCUT2D eigenvalue weighted by molar-refractivity contribution is 0.218. The molecule has 0 fully saturated rings. The molecule has 18 heavy (non-hydrogen) atoms. The van der Waals surface area contributed by atoms with Crippen molar-refractivity contribution in [2.45, 2.75) is 19.3 Å². The minimum Gasteiger partial charge on any atom is -0.395 e. The van der Waals surface area contributed by atoms with E-state index in [1.807, 2.05) is 26.1 Å². The highest BCUT2D eigenvalue weighted by atomic mass is 16.3. The summed E-state index contributed by atoms with van der Waals surface area (Å²) in [6.45, 7) is 4.23. The molecule has 2 heterocycles. The molecule has 92 valence electrons. The van der Waals surface area contributed by atoms with Gasteiger partial charge in [-0.2, -0.15) is 0 Å². The van der Waals surface area contributed by atoms with Crippen molar-refractivity contribution < 1.29 is 5.11 Å². The fourth-order valence-electron chi connectivity index (χ4n) is 2.26. The first kappa shape index (κ1) is 11.2. The maximum Gasteiger partial charge on any atom is 0.0651 e. The first-order valence-corrected chi connectivity index (χ1v) is 6.08. The second-order valence-corrected chi connectivity index (χ2v) is 5.35. The number of H-pyrrole nitrogens is 1. The van der Waals surface area contributed by atoms with E-state index in [4.69, 9.17) is 0 Å². The first-order chi connectivity index (χ1) is 8.62. The van der Waals surface area contributed by atoms with Crippen LogP contribution in [0.25, 0.3) is 21.8 Å². The van der Waals surface area contributed by atoms with E-state index in [1.54, 1.807) is 6.20 Å². The molecule has 0 saturated heterocycles. The molecule has 0 spiro atoms.